The van der Waals surface area contributed by atoms with Crippen molar-refractivity contribution in [3.63, 3.8) is 0 Å². The molecule has 5 aromatic rings. The Morgan fingerprint density at radius 3 is 2.62 bits per heavy atom. The molecule has 0 unspecified atom stereocenters. The van der Waals surface area contributed by atoms with Crippen LogP contribution in [0.3, 0.4) is 0 Å². The maximum absolute atomic E-state index is 13.3. The van der Waals surface area contributed by atoms with E-state index in [0.29, 0.717) is 11.9 Å². The van der Waals surface area contributed by atoms with Gasteiger partial charge in [-0.1, -0.05) is 23.5 Å². The standard InChI is InChI=1S/C24H22FN7OS/c25-18-7-5-17(6-8-18)22-29-32-21(27-28-24(32)34-22)16-9-11-30(12-10-16)13-14-31-15-26-20-4-2-1-3-19(20)23(31)33/h1-8,15-16H,9-14H2. The van der Waals surface area contributed by atoms with E-state index >= 15 is 0 Å². The normalized spacial score (nSPS) is 15.4. The maximum Gasteiger partial charge on any atom is 0.261 e. The Morgan fingerprint density at radius 1 is 1.00 bits per heavy atom. The van der Waals surface area contributed by atoms with Gasteiger partial charge in [0.1, 0.15) is 10.8 Å². The van der Waals surface area contributed by atoms with Crippen molar-refractivity contribution in [3.8, 4) is 10.6 Å². The molecule has 1 saturated heterocycles. The lowest BCUT2D eigenvalue weighted by atomic mass is 9.96. The number of fused-ring (bicyclic) bond motifs is 2. The molecule has 0 saturated carbocycles. The Kier molecular flexibility index (Phi) is 5.39. The zero-order valence-electron chi connectivity index (χ0n) is 18.3. The minimum Gasteiger partial charge on any atom is -0.302 e. The molecular formula is C24H22FN7OS. The van der Waals surface area contributed by atoms with E-state index in [4.69, 9.17) is 5.10 Å². The third-order valence-corrected chi connectivity index (χ3v) is 7.40. The van der Waals surface area contributed by atoms with Gasteiger partial charge in [0.05, 0.1) is 17.2 Å². The molecule has 3 aromatic heterocycles. The molecule has 172 valence electrons. The van der Waals surface area contributed by atoms with Gasteiger partial charge < -0.3 is 4.90 Å². The predicted octanol–water partition coefficient (Wildman–Crippen LogP) is 3.58. The van der Waals surface area contributed by atoms with Crippen molar-refractivity contribution in [2.24, 2.45) is 0 Å². The smallest absolute Gasteiger partial charge is 0.261 e. The average molecular weight is 476 g/mol. The van der Waals surface area contributed by atoms with Crippen molar-refractivity contribution >= 4 is 27.2 Å². The second-order valence-electron chi connectivity index (χ2n) is 8.54. The van der Waals surface area contributed by atoms with Crippen LogP contribution in [0.5, 0.6) is 0 Å². The second-order valence-corrected chi connectivity index (χ2v) is 9.50. The third-order valence-electron chi connectivity index (χ3n) is 6.45. The summed E-state index contributed by atoms with van der Waals surface area (Å²) in [5.41, 5.74) is 1.61. The molecule has 1 aliphatic heterocycles. The molecular weight excluding hydrogens is 453 g/mol. The van der Waals surface area contributed by atoms with Gasteiger partial charge in [0.15, 0.2) is 5.82 Å². The van der Waals surface area contributed by atoms with Gasteiger partial charge in [-0.15, -0.1) is 10.2 Å². The zero-order chi connectivity index (χ0) is 23.1. The Balaban J connectivity index is 1.12. The molecule has 34 heavy (non-hydrogen) atoms. The summed E-state index contributed by atoms with van der Waals surface area (Å²) >= 11 is 1.46. The lowest BCUT2D eigenvalue weighted by Crippen LogP contribution is -2.37. The first-order chi connectivity index (χ1) is 16.7. The highest BCUT2D eigenvalue weighted by Gasteiger charge is 2.26. The van der Waals surface area contributed by atoms with Crippen LogP contribution in [0.2, 0.25) is 0 Å². The quantitative estimate of drug-likeness (QED) is 0.387. The molecule has 10 heteroatoms. The van der Waals surface area contributed by atoms with Crippen LogP contribution in [0.1, 0.15) is 24.6 Å². The highest BCUT2D eigenvalue weighted by molar-refractivity contribution is 7.19. The van der Waals surface area contributed by atoms with Gasteiger partial charge in [-0.2, -0.15) is 9.61 Å². The Labute approximate surface area is 198 Å². The maximum atomic E-state index is 13.3. The predicted molar refractivity (Wildman–Crippen MR) is 128 cm³/mol. The van der Waals surface area contributed by atoms with E-state index in [0.717, 1.165) is 59.3 Å². The molecule has 0 radical (unpaired) electrons. The van der Waals surface area contributed by atoms with E-state index < -0.39 is 0 Å². The summed E-state index contributed by atoms with van der Waals surface area (Å²) in [7, 11) is 0. The number of likely N-dealkylation sites (tertiary alicyclic amines) is 1. The van der Waals surface area contributed by atoms with E-state index in [9.17, 15) is 9.18 Å². The van der Waals surface area contributed by atoms with Crippen LogP contribution in [0, 0.1) is 5.82 Å². The average Bonchev–Trinajstić information content (AvgIpc) is 3.46. The fourth-order valence-electron chi connectivity index (χ4n) is 4.53. The van der Waals surface area contributed by atoms with Crippen molar-refractivity contribution in [2.45, 2.75) is 25.3 Å². The van der Waals surface area contributed by atoms with E-state index in [1.807, 2.05) is 28.8 Å². The Bertz CT molecular complexity index is 1520. The lowest BCUT2D eigenvalue weighted by Gasteiger charge is -2.30. The number of halogens is 1. The molecule has 0 atom stereocenters. The number of hydrogen-bond donors (Lipinski definition) is 0. The van der Waals surface area contributed by atoms with Gasteiger partial charge in [0, 0.05) is 24.6 Å². The molecule has 8 nitrogen and oxygen atoms in total. The summed E-state index contributed by atoms with van der Waals surface area (Å²) in [6.07, 6.45) is 3.55. The van der Waals surface area contributed by atoms with Crippen LogP contribution in [-0.2, 0) is 6.54 Å². The zero-order valence-corrected chi connectivity index (χ0v) is 19.2. The van der Waals surface area contributed by atoms with Gasteiger partial charge in [0.2, 0.25) is 4.96 Å². The van der Waals surface area contributed by atoms with Crippen LogP contribution in [0.4, 0.5) is 4.39 Å². The largest absolute Gasteiger partial charge is 0.302 e. The number of aromatic nitrogens is 6. The number of nitrogens with zero attached hydrogens (tertiary/aromatic N) is 7. The molecule has 1 fully saturated rings. The first kappa shape index (κ1) is 21.1. The Hall–Kier alpha value is -3.50. The van der Waals surface area contributed by atoms with Gasteiger partial charge in [0.25, 0.3) is 5.56 Å². The first-order valence-corrected chi connectivity index (χ1v) is 12.1. The van der Waals surface area contributed by atoms with Gasteiger partial charge in [-0.3, -0.25) is 9.36 Å². The summed E-state index contributed by atoms with van der Waals surface area (Å²) < 4.78 is 16.8. The van der Waals surface area contributed by atoms with Crippen molar-refractivity contribution in [1.29, 1.82) is 0 Å². The van der Waals surface area contributed by atoms with E-state index in [1.54, 1.807) is 23.0 Å². The van der Waals surface area contributed by atoms with Crippen molar-refractivity contribution < 1.29 is 4.39 Å². The van der Waals surface area contributed by atoms with E-state index in [2.05, 4.69) is 20.1 Å². The second kappa shape index (κ2) is 8.69. The number of piperidine rings is 1. The topological polar surface area (TPSA) is 81.2 Å². The third kappa shape index (κ3) is 3.88. The number of hydrogen-bond acceptors (Lipinski definition) is 7. The SMILES string of the molecule is O=c1c2ccccc2ncn1CCN1CCC(c2nnc3sc(-c4ccc(F)cc4)nn23)CC1. The minimum absolute atomic E-state index is 0.00632. The fourth-order valence-corrected chi connectivity index (χ4v) is 5.38. The summed E-state index contributed by atoms with van der Waals surface area (Å²) in [6, 6.07) is 13.8. The molecule has 0 spiro atoms. The molecule has 0 bridgehead atoms. The van der Waals surface area contributed by atoms with E-state index in [1.165, 1.54) is 23.5 Å². The molecule has 0 aliphatic carbocycles. The summed E-state index contributed by atoms with van der Waals surface area (Å²) in [5.74, 6) is 0.898. The summed E-state index contributed by atoms with van der Waals surface area (Å²) in [5, 5.41) is 14.9. The molecule has 0 N–H and O–H groups in total. The number of benzene rings is 2. The van der Waals surface area contributed by atoms with Crippen molar-refractivity contribution in [3.05, 3.63) is 76.9 Å². The van der Waals surface area contributed by atoms with Crippen LogP contribution >= 0.6 is 11.3 Å². The molecule has 0 amide bonds. The first-order valence-electron chi connectivity index (χ1n) is 11.3. The molecule has 2 aromatic carbocycles. The van der Waals surface area contributed by atoms with Gasteiger partial charge >= 0.3 is 0 Å². The van der Waals surface area contributed by atoms with Crippen molar-refractivity contribution in [2.75, 3.05) is 19.6 Å². The van der Waals surface area contributed by atoms with Gasteiger partial charge in [-0.05, 0) is 62.3 Å². The van der Waals surface area contributed by atoms with Gasteiger partial charge in [-0.25, -0.2) is 9.37 Å². The molecule has 6 rings (SSSR count). The van der Waals surface area contributed by atoms with Crippen LogP contribution in [0.25, 0.3) is 26.4 Å². The van der Waals surface area contributed by atoms with Crippen molar-refractivity contribution in [1.82, 2.24) is 34.3 Å². The summed E-state index contributed by atoms with van der Waals surface area (Å²) in [6.45, 7) is 3.26. The highest BCUT2D eigenvalue weighted by Crippen LogP contribution is 2.31. The number of rotatable bonds is 5. The summed E-state index contributed by atoms with van der Waals surface area (Å²) in [4.78, 5) is 20.3. The molecule has 4 heterocycles. The molecule has 1 aliphatic rings. The van der Waals surface area contributed by atoms with Crippen LogP contribution in [-0.4, -0.2) is 53.9 Å². The number of para-hydroxylation sites is 1. The minimum atomic E-state index is -0.263. The monoisotopic (exact) mass is 475 g/mol. The van der Waals surface area contributed by atoms with Crippen LogP contribution < -0.4 is 5.56 Å². The highest BCUT2D eigenvalue weighted by atomic mass is 32.1. The van der Waals surface area contributed by atoms with E-state index in [-0.39, 0.29) is 17.3 Å². The fraction of sp³-hybridized carbons (Fsp3) is 0.292. The Morgan fingerprint density at radius 2 is 1.79 bits per heavy atom. The van der Waals surface area contributed by atoms with Crippen LogP contribution in [0.15, 0.2) is 59.7 Å². The lowest BCUT2D eigenvalue weighted by molar-refractivity contribution is 0.201.